The number of benzene rings is 1. The molecule has 1 aromatic carbocycles. The highest BCUT2D eigenvalue weighted by Gasteiger charge is 2.15. The van der Waals surface area contributed by atoms with Gasteiger partial charge in [0.25, 0.3) is 5.91 Å². The molecule has 5 nitrogen and oxygen atoms in total. The number of carbonyl (C=O) groups excluding carboxylic acids is 1. The largest absolute Gasteiger partial charge is 0.354 e. The van der Waals surface area contributed by atoms with Gasteiger partial charge in [0, 0.05) is 18.8 Å². The molecule has 0 unspecified atom stereocenters. The molecule has 2 aromatic rings. The molecule has 6 heteroatoms. The average molecular weight is 261 g/mol. The van der Waals surface area contributed by atoms with E-state index in [9.17, 15) is 14.0 Å². The van der Waals surface area contributed by atoms with Gasteiger partial charge in [0.1, 0.15) is 11.5 Å². The molecule has 0 spiro atoms. The van der Waals surface area contributed by atoms with Gasteiger partial charge >= 0.3 is 0 Å². The third-order valence-electron chi connectivity index (χ3n) is 2.63. The van der Waals surface area contributed by atoms with Crippen LogP contribution in [0.2, 0.25) is 0 Å². The Hall–Kier alpha value is -2.50. The molecule has 0 saturated carbocycles. The highest BCUT2D eigenvalue weighted by molar-refractivity contribution is 5.91. The zero-order valence-corrected chi connectivity index (χ0v) is 10.5. The fraction of sp³-hybridized carbons (Fsp3) is 0.154. The van der Waals surface area contributed by atoms with Gasteiger partial charge in [-0.2, -0.15) is 5.10 Å². The van der Waals surface area contributed by atoms with Crippen molar-refractivity contribution in [1.82, 2.24) is 15.1 Å². The fourth-order valence-corrected chi connectivity index (χ4v) is 1.69. The second-order valence-electron chi connectivity index (χ2n) is 3.94. The van der Waals surface area contributed by atoms with Crippen molar-refractivity contribution in [1.29, 1.82) is 0 Å². The smallest absolute Gasteiger partial charge is 0.275 e. The Balaban J connectivity index is 2.68. The van der Waals surface area contributed by atoms with Crippen molar-refractivity contribution in [2.45, 2.75) is 6.92 Å². The van der Waals surface area contributed by atoms with Crippen molar-refractivity contribution in [3.63, 3.8) is 0 Å². The number of hydrogen-bond donors (Lipinski definition) is 1. The molecule has 0 saturated heterocycles. The molecule has 0 fully saturated rings. The molecule has 0 atom stereocenters. The van der Waals surface area contributed by atoms with Crippen LogP contribution in [-0.4, -0.2) is 22.7 Å². The van der Waals surface area contributed by atoms with Gasteiger partial charge in [0.05, 0.1) is 0 Å². The summed E-state index contributed by atoms with van der Waals surface area (Å²) in [5.74, 6) is -1.08. The lowest BCUT2D eigenvalue weighted by molar-refractivity contribution is 0.0955. The number of halogens is 1. The summed E-state index contributed by atoms with van der Waals surface area (Å²) >= 11 is 0. The van der Waals surface area contributed by atoms with Crippen molar-refractivity contribution in [2.24, 2.45) is 0 Å². The van der Waals surface area contributed by atoms with E-state index in [1.165, 1.54) is 29.9 Å². The van der Waals surface area contributed by atoms with Crippen LogP contribution in [0.25, 0.3) is 5.69 Å². The van der Waals surface area contributed by atoms with Gasteiger partial charge in [-0.3, -0.25) is 9.59 Å². The molecule has 1 heterocycles. The molecule has 0 aliphatic rings. The number of carbonyl (C=O) groups is 1. The molecule has 0 aliphatic heterocycles. The van der Waals surface area contributed by atoms with Gasteiger partial charge in [-0.25, -0.2) is 9.07 Å². The maximum atomic E-state index is 13.7. The standard InChI is InChI=1S/C13H12FN3O2/c1-8-7-11(18)12(13(19)15-2)16-17(8)10-6-4-3-5-9(10)14/h3-7H,1-2H3,(H,15,19). The molecule has 19 heavy (non-hydrogen) atoms. The number of nitrogens with zero attached hydrogens (tertiary/aromatic N) is 2. The minimum atomic E-state index is -0.602. The van der Waals surface area contributed by atoms with Crippen molar-refractivity contribution in [3.05, 3.63) is 57.8 Å². The number of amides is 1. The second kappa shape index (κ2) is 5.01. The Kier molecular flexibility index (Phi) is 3.41. The number of rotatable bonds is 2. The van der Waals surface area contributed by atoms with E-state index in [2.05, 4.69) is 10.4 Å². The minimum absolute atomic E-state index is 0.185. The van der Waals surface area contributed by atoms with E-state index in [0.29, 0.717) is 5.69 Å². The Bertz CT molecular complexity index is 695. The second-order valence-corrected chi connectivity index (χ2v) is 3.94. The van der Waals surface area contributed by atoms with E-state index in [1.807, 2.05) is 0 Å². The molecule has 2 rings (SSSR count). The number of aromatic nitrogens is 2. The molecular formula is C13H12FN3O2. The number of nitrogens with one attached hydrogen (secondary N) is 1. The first-order chi connectivity index (χ1) is 9.04. The van der Waals surface area contributed by atoms with Gasteiger partial charge in [-0.15, -0.1) is 0 Å². The first-order valence-corrected chi connectivity index (χ1v) is 5.62. The summed E-state index contributed by atoms with van der Waals surface area (Å²) in [6.45, 7) is 1.62. The summed E-state index contributed by atoms with van der Waals surface area (Å²) < 4.78 is 15.0. The highest BCUT2D eigenvalue weighted by Crippen LogP contribution is 2.12. The van der Waals surface area contributed by atoms with E-state index in [-0.39, 0.29) is 11.4 Å². The molecule has 1 amide bonds. The minimum Gasteiger partial charge on any atom is -0.354 e. The summed E-state index contributed by atoms with van der Waals surface area (Å²) in [7, 11) is 1.40. The van der Waals surface area contributed by atoms with Crippen LogP contribution in [0.5, 0.6) is 0 Å². The van der Waals surface area contributed by atoms with E-state index in [0.717, 1.165) is 0 Å². The van der Waals surface area contributed by atoms with Crippen LogP contribution in [0.3, 0.4) is 0 Å². The molecule has 98 valence electrons. The van der Waals surface area contributed by atoms with Crippen molar-refractivity contribution < 1.29 is 9.18 Å². The van der Waals surface area contributed by atoms with E-state index < -0.39 is 17.2 Å². The monoisotopic (exact) mass is 261 g/mol. The fourth-order valence-electron chi connectivity index (χ4n) is 1.69. The Labute approximate surface area is 108 Å². The maximum Gasteiger partial charge on any atom is 0.275 e. The Morgan fingerprint density at radius 3 is 2.68 bits per heavy atom. The van der Waals surface area contributed by atoms with Crippen LogP contribution in [0, 0.1) is 12.7 Å². The lowest BCUT2D eigenvalue weighted by Crippen LogP contribution is -2.29. The Morgan fingerprint density at radius 1 is 1.37 bits per heavy atom. The van der Waals surface area contributed by atoms with Crippen LogP contribution < -0.4 is 10.7 Å². The molecule has 1 aromatic heterocycles. The third-order valence-corrected chi connectivity index (χ3v) is 2.63. The summed E-state index contributed by atoms with van der Waals surface area (Å²) in [6, 6.07) is 7.26. The quantitative estimate of drug-likeness (QED) is 0.878. The van der Waals surface area contributed by atoms with Crippen LogP contribution in [0.4, 0.5) is 4.39 Å². The lowest BCUT2D eigenvalue weighted by atomic mass is 10.2. The highest BCUT2D eigenvalue weighted by atomic mass is 19.1. The molecular weight excluding hydrogens is 249 g/mol. The maximum absolute atomic E-state index is 13.7. The van der Waals surface area contributed by atoms with Gasteiger partial charge in [0.2, 0.25) is 5.43 Å². The van der Waals surface area contributed by atoms with Crippen LogP contribution in [0.1, 0.15) is 16.2 Å². The molecule has 0 aliphatic carbocycles. The Morgan fingerprint density at radius 2 is 2.05 bits per heavy atom. The van der Waals surface area contributed by atoms with E-state index >= 15 is 0 Å². The predicted molar refractivity (Wildman–Crippen MR) is 67.9 cm³/mol. The summed E-state index contributed by atoms with van der Waals surface area (Å²) in [5.41, 5.74) is -0.131. The first-order valence-electron chi connectivity index (χ1n) is 5.62. The van der Waals surface area contributed by atoms with Gasteiger partial charge < -0.3 is 5.32 Å². The summed E-state index contributed by atoms with van der Waals surface area (Å²) in [5, 5.41) is 6.25. The summed E-state index contributed by atoms with van der Waals surface area (Å²) in [4.78, 5) is 23.2. The van der Waals surface area contributed by atoms with Crippen molar-refractivity contribution in [2.75, 3.05) is 7.05 Å². The molecule has 1 N–H and O–H groups in total. The normalized spacial score (nSPS) is 10.3. The lowest BCUT2D eigenvalue weighted by Gasteiger charge is -2.11. The van der Waals surface area contributed by atoms with Gasteiger partial charge in [-0.1, -0.05) is 12.1 Å². The third kappa shape index (κ3) is 2.37. The summed E-state index contributed by atoms with van der Waals surface area (Å²) in [6.07, 6.45) is 0. The molecule has 0 radical (unpaired) electrons. The van der Waals surface area contributed by atoms with Crippen molar-refractivity contribution in [3.8, 4) is 5.69 Å². The van der Waals surface area contributed by atoms with Crippen LogP contribution in [0.15, 0.2) is 35.1 Å². The van der Waals surface area contributed by atoms with Crippen LogP contribution in [-0.2, 0) is 0 Å². The first kappa shape index (κ1) is 12.9. The number of para-hydroxylation sites is 1. The molecule has 0 bridgehead atoms. The van der Waals surface area contributed by atoms with Gasteiger partial charge in [-0.05, 0) is 19.1 Å². The number of aryl methyl sites for hydroxylation is 1. The van der Waals surface area contributed by atoms with Crippen molar-refractivity contribution >= 4 is 5.91 Å². The zero-order valence-electron chi connectivity index (χ0n) is 10.5. The number of hydrogen-bond acceptors (Lipinski definition) is 3. The predicted octanol–water partition coefficient (Wildman–Crippen LogP) is 1.04. The van der Waals surface area contributed by atoms with E-state index in [1.54, 1.807) is 19.1 Å². The zero-order chi connectivity index (χ0) is 14.0. The van der Waals surface area contributed by atoms with Crippen LogP contribution >= 0.6 is 0 Å². The SMILES string of the molecule is CNC(=O)c1nn(-c2ccccc2F)c(C)cc1=O. The average Bonchev–Trinajstić information content (AvgIpc) is 2.39. The van der Waals surface area contributed by atoms with Gasteiger partial charge in [0.15, 0.2) is 5.69 Å². The topological polar surface area (TPSA) is 64.0 Å². The van der Waals surface area contributed by atoms with E-state index in [4.69, 9.17) is 0 Å².